The second-order valence-electron chi connectivity index (χ2n) is 3.50. The van der Waals surface area contributed by atoms with Crippen molar-refractivity contribution in [2.45, 2.75) is 13.0 Å². The topological polar surface area (TPSA) is 12.5 Å². The van der Waals surface area contributed by atoms with Gasteiger partial charge in [0.1, 0.15) is 11.9 Å². The monoisotopic (exact) mass is 215 g/mol. The molecule has 1 aromatic rings. The zero-order chi connectivity index (χ0) is 9.68. The summed E-state index contributed by atoms with van der Waals surface area (Å²) in [6.45, 7) is 3.02. The fraction of sp³-hybridized carbons (Fsp3) is 0.455. The summed E-state index contributed by atoms with van der Waals surface area (Å²) in [6, 6.07) is 9.91. The van der Waals surface area contributed by atoms with Gasteiger partial charge in [0, 0.05) is 6.54 Å². The average molecular weight is 216 g/mol. The van der Waals surface area contributed by atoms with Gasteiger partial charge in [0.05, 0.1) is 0 Å². The molecule has 0 heterocycles. The minimum absolute atomic E-state index is 0. The number of hydrogen-bond donors (Lipinski definition) is 0. The Morgan fingerprint density at radius 3 is 2.29 bits per heavy atom. The Hall–Kier alpha value is -0.730. The summed E-state index contributed by atoms with van der Waals surface area (Å²) in [5, 5.41) is 0. The summed E-state index contributed by atoms with van der Waals surface area (Å²) in [6.07, 6.45) is 0.234. The van der Waals surface area contributed by atoms with E-state index >= 15 is 0 Å². The first-order chi connectivity index (χ1) is 6.18. The maximum atomic E-state index is 5.68. The van der Waals surface area contributed by atoms with E-state index in [0.717, 1.165) is 12.3 Å². The molecule has 80 valence electrons. The minimum atomic E-state index is 0. The number of ether oxygens (including phenoxy) is 1. The van der Waals surface area contributed by atoms with E-state index in [1.807, 2.05) is 44.4 Å². The Bertz CT molecular complexity index is 238. The lowest BCUT2D eigenvalue weighted by Crippen LogP contribution is -2.27. The fourth-order valence-electron chi connectivity index (χ4n) is 1.28. The second kappa shape index (κ2) is 6.68. The first kappa shape index (κ1) is 13.3. The van der Waals surface area contributed by atoms with Gasteiger partial charge in [0.15, 0.2) is 0 Å². The molecule has 3 heteroatoms. The number of nitrogens with zero attached hydrogens (tertiary/aromatic N) is 1. The van der Waals surface area contributed by atoms with E-state index in [4.69, 9.17) is 4.74 Å². The quantitative estimate of drug-likeness (QED) is 0.765. The van der Waals surface area contributed by atoms with E-state index in [2.05, 4.69) is 11.8 Å². The van der Waals surface area contributed by atoms with E-state index in [1.165, 1.54) is 0 Å². The molecule has 0 aliphatic heterocycles. The molecular weight excluding hydrogens is 198 g/mol. The van der Waals surface area contributed by atoms with Crippen LogP contribution in [0.5, 0.6) is 5.75 Å². The van der Waals surface area contributed by atoms with Crippen LogP contribution in [0.4, 0.5) is 0 Å². The number of para-hydroxylation sites is 1. The first-order valence-electron chi connectivity index (χ1n) is 4.55. The third-order valence-corrected chi connectivity index (χ3v) is 1.70. The van der Waals surface area contributed by atoms with Gasteiger partial charge in [-0.3, -0.25) is 0 Å². The molecule has 0 amide bonds. The van der Waals surface area contributed by atoms with E-state index in [1.54, 1.807) is 0 Å². The molecule has 0 saturated heterocycles. The molecule has 0 fully saturated rings. The number of hydrogen-bond acceptors (Lipinski definition) is 2. The summed E-state index contributed by atoms with van der Waals surface area (Å²) in [4.78, 5) is 2.12. The van der Waals surface area contributed by atoms with Crippen LogP contribution in [0.15, 0.2) is 30.3 Å². The lowest BCUT2D eigenvalue weighted by atomic mass is 10.3. The van der Waals surface area contributed by atoms with Gasteiger partial charge in [-0.1, -0.05) is 18.2 Å². The molecular formula is C11H18ClNO. The molecule has 1 atom stereocenters. The van der Waals surface area contributed by atoms with Gasteiger partial charge in [0.25, 0.3) is 0 Å². The van der Waals surface area contributed by atoms with Gasteiger partial charge in [-0.25, -0.2) is 0 Å². The van der Waals surface area contributed by atoms with Crippen molar-refractivity contribution in [1.29, 1.82) is 0 Å². The Kier molecular flexibility index (Phi) is 6.34. The van der Waals surface area contributed by atoms with Gasteiger partial charge in [-0.05, 0) is 33.2 Å². The summed E-state index contributed by atoms with van der Waals surface area (Å²) < 4.78 is 5.68. The van der Waals surface area contributed by atoms with Crippen LogP contribution in [0.3, 0.4) is 0 Å². The summed E-state index contributed by atoms with van der Waals surface area (Å²) >= 11 is 0. The standard InChI is InChI=1S/C11H17NO.ClH/c1-10(9-12(2)3)13-11-7-5-4-6-8-11;/h4-8,10H,9H2,1-3H3;1H. The zero-order valence-electron chi connectivity index (χ0n) is 8.93. The highest BCUT2D eigenvalue weighted by Crippen LogP contribution is 2.10. The molecule has 1 rings (SSSR count). The van der Waals surface area contributed by atoms with Crippen molar-refractivity contribution >= 4 is 12.4 Å². The molecule has 0 N–H and O–H groups in total. The maximum Gasteiger partial charge on any atom is 0.119 e. The SMILES string of the molecule is CC(CN(C)C)Oc1ccccc1.Cl. The van der Waals surface area contributed by atoms with Gasteiger partial charge in [-0.2, -0.15) is 0 Å². The van der Waals surface area contributed by atoms with Crippen molar-refractivity contribution in [2.75, 3.05) is 20.6 Å². The molecule has 1 unspecified atom stereocenters. The minimum Gasteiger partial charge on any atom is -0.489 e. The highest BCUT2D eigenvalue weighted by molar-refractivity contribution is 5.85. The van der Waals surface area contributed by atoms with Crippen molar-refractivity contribution in [1.82, 2.24) is 4.90 Å². The highest BCUT2D eigenvalue weighted by Gasteiger charge is 2.03. The van der Waals surface area contributed by atoms with Gasteiger partial charge in [0.2, 0.25) is 0 Å². The second-order valence-corrected chi connectivity index (χ2v) is 3.50. The number of likely N-dealkylation sites (N-methyl/N-ethyl adjacent to an activating group) is 1. The molecule has 0 saturated carbocycles. The van der Waals surface area contributed by atoms with Crippen molar-refractivity contribution < 1.29 is 4.74 Å². The Balaban J connectivity index is 0.00000169. The average Bonchev–Trinajstić information content (AvgIpc) is 2.04. The summed E-state index contributed by atoms with van der Waals surface area (Å²) in [5.74, 6) is 0.942. The summed E-state index contributed by atoms with van der Waals surface area (Å²) in [7, 11) is 4.09. The molecule has 1 aromatic carbocycles. The molecule has 2 nitrogen and oxygen atoms in total. The Morgan fingerprint density at radius 2 is 1.79 bits per heavy atom. The van der Waals surface area contributed by atoms with Crippen molar-refractivity contribution in [2.24, 2.45) is 0 Å². The van der Waals surface area contributed by atoms with E-state index in [0.29, 0.717) is 0 Å². The smallest absolute Gasteiger partial charge is 0.119 e. The number of halogens is 1. The predicted molar refractivity (Wildman–Crippen MR) is 62.3 cm³/mol. The molecule has 0 radical (unpaired) electrons. The lowest BCUT2D eigenvalue weighted by molar-refractivity contribution is 0.177. The van der Waals surface area contributed by atoms with Gasteiger partial charge >= 0.3 is 0 Å². The van der Waals surface area contributed by atoms with E-state index in [9.17, 15) is 0 Å². The van der Waals surface area contributed by atoms with Gasteiger partial charge < -0.3 is 9.64 Å². The zero-order valence-corrected chi connectivity index (χ0v) is 9.75. The Morgan fingerprint density at radius 1 is 1.21 bits per heavy atom. The lowest BCUT2D eigenvalue weighted by Gasteiger charge is -2.18. The van der Waals surface area contributed by atoms with Crippen molar-refractivity contribution in [3.8, 4) is 5.75 Å². The van der Waals surface area contributed by atoms with Crippen LogP contribution in [0.1, 0.15) is 6.92 Å². The first-order valence-corrected chi connectivity index (χ1v) is 4.55. The molecule has 0 bridgehead atoms. The summed E-state index contributed by atoms with van der Waals surface area (Å²) in [5.41, 5.74) is 0. The molecule has 0 aromatic heterocycles. The van der Waals surface area contributed by atoms with Crippen molar-refractivity contribution in [3.63, 3.8) is 0 Å². The number of benzene rings is 1. The predicted octanol–water partition coefficient (Wildman–Crippen LogP) is 2.44. The largest absolute Gasteiger partial charge is 0.489 e. The van der Waals surface area contributed by atoms with Crippen LogP contribution in [0.25, 0.3) is 0 Å². The molecule has 0 spiro atoms. The maximum absolute atomic E-state index is 5.68. The Labute approximate surface area is 92.3 Å². The van der Waals surface area contributed by atoms with Crippen LogP contribution in [0, 0.1) is 0 Å². The fourth-order valence-corrected chi connectivity index (χ4v) is 1.28. The van der Waals surface area contributed by atoms with E-state index in [-0.39, 0.29) is 18.5 Å². The molecule has 0 aliphatic carbocycles. The van der Waals surface area contributed by atoms with Gasteiger partial charge in [-0.15, -0.1) is 12.4 Å². The van der Waals surface area contributed by atoms with Crippen LogP contribution >= 0.6 is 12.4 Å². The van der Waals surface area contributed by atoms with Crippen LogP contribution in [-0.2, 0) is 0 Å². The number of rotatable bonds is 4. The van der Waals surface area contributed by atoms with Crippen LogP contribution in [-0.4, -0.2) is 31.6 Å². The normalized spacial score (nSPS) is 12.0. The van der Waals surface area contributed by atoms with Crippen LogP contribution in [0.2, 0.25) is 0 Å². The van der Waals surface area contributed by atoms with E-state index < -0.39 is 0 Å². The third-order valence-electron chi connectivity index (χ3n) is 1.70. The molecule has 0 aliphatic rings. The third kappa shape index (κ3) is 5.10. The highest BCUT2D eigenvalue weighted by atomic mass is 35.5. The van der Waals surface area contributed by atoms with Crippen molar-refractivity contribution in [3.05, 3.63) is 30.3 Å². The van der Waals surface area contributed by atoms with Crippen LogP contribution < -0.4 is 4.74 Å². The molecule has 14 heavy (non-hydrogen) atoms.